The van der Waals surface area contributed by atoms with E-state index in [2.05, 4.69) is 10.3 Å². The Morgan fingerprint density at radius 3 is 3.05 bits per heavy atom. The molecular formula is C11H18N4O3S. The number of hydrogen-bond acceptors (Lipinski definition) is 4. The molecule has 19 heavy (non-hydrogen) atoms. The van der Waals surface area contributed by atoms with Crippen molar-refractivity contribution in [2.75, 3.05) is 19.8 Å². The highest BCUT2D eigenvalue weighted by atomic mass is 32.2. The molecule has 0 fully saturated rings. The number of hydrogen-bond donors (Lipinski definition) is 1. The van der Waals surface area contributed by atoms with E-state index in [1.807, 2.05) is 10.8 Å². The van der Waals surface area contributed by atoms with Crippen LogP contribution in [-0.4, -0.2) is 54.1 Å². The first-order chi connectivity index (χ1) is 8.86. The van der Waals surface area contributed by atoms with E-state index in [1.165, 1.54) is 7.05 Å². The molecule has 8 heteroatoms. The SMILES string of the molecule is CN(CC(=O)N[C@@H]1CCc2nccn2C1)S(C)(=O)=O. The summed E-state index contributed by atoms with van der Waals surface area (Å²) < 4.78 is 25.5. The molecule has 0 saturated heterocycles. The van der Waals surface area contributed by atoms with Gasteiger partial charge >= 0.3 is 0 Å². The largest absolute Gasteiger partial charge is 0.350 e. The summed E-state index contributed by atoms with van der Waals surface area (Å²) in [7, 11) is -1.93. The van der Waals surface area contributed by atoms with Crippen molar-refractivity contribution in [2.24, 2.45) is 0 Å². The van der Waals surface area contributed by atoms with Crippen molar-refractivity contribution in [2.45, 2.75) is 25.4 Å². The molecule has 1 N–H and O–H groups in total. The van der Waals surface area contributed by atoms with Gasteiger partial charge in [0.1, 0.15) is 5.82 Å². The predicted molar refractivity (Wildman–Crippen MR) is 70.0 cm³/mol. The molecule has 106 valence electrons. The summed E-state index contributed by atoms with van der Waals surface area (Å²) >= 11 is 0. The summed E-state index contributed by atoms with van der Waals surface area (Å²) in [5.41, 5.74) is 0. The number of imidazole rings is 1. The van der Waals surface area contributed by atoms with Crippen LogP contribution in [0.25, 0.3) is 0 Å². The maximum absolute atomic E-state index is 11.8. The third-order valence-corrected chi connectivity index (χ3v) is 4.49. The number of aromatic nitrogens is 2. The summed E-state index contributed by atoms with van der Waals surface area (Å²) in [6, 6.07) is 0.0298. The third kappa shape index (κ3) is 3.54. The van der Waals surface area contributed by atoms with Gasteiger partial charge in [-0.25, -0.2) is 13.4 Å². The predicted octanol–water partition coefficient (Wildman–Crippen LogP) is -0.794. The van der Waals surface area contributed by atoms with Gasteiger partial charge in [0.15, 0.2) is 0 Å². The lowest BCUT2D eigenvalue weighted by Gasteiger charge is -2.25. The number of rotatable bonds is 4. The van der Waals surface area contributed by atoms with Crippen LogP contribution >= 0.6 is 0 Å². The highest BCUT2D eigenvalue weighted by molar-refractivity contribution is 7.88. The molecular weight excluding hydrogens is 268 g/mol. The Hall–Kier alpha value is -1.41. The second kappa shape index (κ2) is 5.30. The van der Waals surface area contributed by atoms with Crippen molar-refractivity contribution < 1.29 is 13.2 Å². The van der Waals surface area contributed by atoms with Gasteiger partial charge in [-0.05, 0) is 6.42 Å². The van der Waals surface area contributed by atoms with Gasteiger partial charge in [-0.15, -0.1) is 0 Å². The maximum atomic E-state index is 11.8. The van der Waals surface area contributed by atoms with Gasteiger partial charge in [-0.3, -0.25) is 4.79 Å². The first-order valence-corrected chi connectivity index (χ1v) is 7.92. The van der Waals surface area contributed by atoms with Crippen LogP contribution in [-0.2, 0) is 27.8 Å². The van der Waals surface area contributed by atoms with Crippen LogP contribution < -0.4 is 5.32 Å². The van der Waals surface area contributed by atoms with Gasteiger partial charge in [0.2, 0.25) is 15.9 Å². The van der Waals surface area contributed by atoms with Gasteiger partial charge in [0, 0.05) is 38.4 Å². The number of carbonyl (C=O) groups is 1. The van der Waals surface area contributed by atoms with Gasteiger partial charge in [-0.2, -0.15) is 4.31 Å². The molecule has 1 aromatic heterocycles. The van der Waals surface area contributed by atoms with Crippen molar-refractivity contribution in [3.63, 3.8) is 0 Å². The Morgan fingerprint density at radius 1 is 1.63 bits per heavy atom. The molecule has 0 saturated carbocycles. The maximum Gasteiger partial charge on any atom is 0.235 e. The highest BCUT2D eigenvalue weighted by Crippen LogP contribution is 2.12. The molecule has 1 aliphatic rings. The molecule has 1 amide bonds. The summed E-state index contributed by atoms with van der Waals surface area (Å²) in [4.78, 5) is 16.0. The average Bonchev–Trinajstić information content (AvgIpc) is 2.74. The fourth-order valence-corrected chi connectivity index (χ4v) is 2.43. The fourth-order valence-electron chi connectivity index (χ4n) is 2.08. The number of nitrogens with zero attached hydrogens (tertiary/aromatic N) is 3. The van der Waals surface area contributed by atoms with E-state index >= 15 is 0 Å². The minimum absolute atomic E-state index is 0.0298. The first-order valence-electron chi connectivity index (χ1n) is 6.07. The number of amides is 1. The third-order valence-electron chi connectivity index (χ3n) is 3.23. The van der Waals surface area contributed by atoms with E-state index in [-0.39, 0.29) is 18.5 Å². The average molecular weight is 286 g/mol. The fraction of sp³-hybridized carbons (Fsp3) is 0.636. The van der Waals surface area contributed by atoms with Crippen LogP contribution in [0.1, 0.15) is 12.2 Å². The van der Waals surface area contributed by atoms with Crippen molar-refractivity contribution in [1.29, 1.82) is 0 Å². The van der Waals surface area contributed by atoms with Crippen molar-refractivity contribution in [1.82, 2.24) is 19.2 Å². The topological polar surface area (TPSA) is 84.3 Å². The van der Waals surface area contributed by atoms with Crippen LogP contribution in [0.3, 0.4) is 0 Å². The van der Waals surface area contributed by atoms with Gasteiger partial charge in [0.25, 0.3) is 0 Å². The van der Waals surface area contributed by atoms with Crippen LogP contribution in [0, 0.1) is 0 Å². The molecule has 0 unspecified atom stereocenters. The number of sulfonamides is 1. The lowest BCUT2D eigenvalue weighted by atomic mass is 10.1. The summed E-state index contributed by atoms with van der Waals surface area (Å²) in [5.74, 6) is 0.750. The van der Waals surface area contributed by atoms with Crippen molar-refractivity contribution in [3.8, 4) is 0 Å². The molecule has 0 aromatic carbocycles. The summed E-state index contributed by atoms with van der Waals surface area (Å²) in [5, 5.41) is 2.86. The van der Waals surface area contributed by atoms with Crippen LogP contribution in [0.15, 0.2) is 12.4 Å². The van der Waals surface area contributed by atoms with E-state index < -0.39 is 10.0 Å². The van der Waals surface area contributed by atoms with Gasteiger partial charge in [0.05, 0.1) is 12.8 Å². The Labute approximate surface area is 112 Å². The van der Waals surface area contributed by atoms with Crippen LogP contribution in [0.4, 0.5) is 0 Å². The number of nitrogens with one attached hydrogen (secondary N) is 1. The standard InChI is InChI=1S/C11H18N4O3S/c1-14(19(2,17)18)8-11(16)13-9-3-4-10-12-5-6-15(10)7-9/h5-6,9H,3-4,7-8H2,1-2H3,(H,13,16)/t9-/m1/s1. The lowest BCUT2D eigenvalue weighted by Crippen LogP contribution is -2.45. The molecule has 1 atom stereocenters. The molecule has 2 rings (SSSR count). The second-order valence-corrected chi connectivity index (χ2v) is 6.91. The van der Waals surface area contributed by atoms with Gasteiger partial charge in [-0.1, -0.05) is 0 Å². The highest BCUT2D eigenvalue weighted by Gasteiger charge is 2.22. The smallest absolute Gasteiger partial charge is 0.235 e. The van der Waals surface area contributed by atoms with Gasteiger partial charge < -0.3 is 9.88 Å². The monoisotopic (exact) mass is 286 g/mol. The zero-order chi connectivity index (χ0) is 14.0. The number of fused-ring (bicyclic) bond motifs is 1. The lowest BCUT2D eigenvalue weighted by molar-refractivity contribution is -0.122. The van der Waals surface area contributed by atoms with E-state index in [0.717, 1.165) is 29.2 Å². The van der Waals surface area contributed by atoms with E-state index in [4.69, 9.17) is 0 Å². The number of carbonyl (C=O) groups excluding carboxylic acids is 1. The Bertz CT molecular complexity index is 566. The van der Waals surface area contributed by atoms with E-state index in [9.17, 15) is 13.2 Å². The zero-order valence-corrected chi connectivity index (χ0v) is 11.9. The molecule has 7 nitrogen and oxygen atoms in total. The quantitative estimate of drug-likeness (QED) is 0.786. The summed E-state index contributed by atoms with van der Waals surface area (Å²) in [6.45, 7) is 0.537. The Morgan fingerprint density at radius 2 is 2.37 bits per heavy atom. The van der Waals surface area contributed by atoms with Crippen LogP contribution in [0.2, 0.25) is 0 Å². The Kier molecular flexibility index (Phi) is 3.91. The van der Waals surface area contributed by atoms with Crippen molar-refractivity contribution >= 4 is 15.9 Å². The number of likely N-dealkylation sites (N-methyl/N-ethyl adjacent to an activating group) is 1. The summed E-state index contributed by atoms with van der Waals surface area (Å²) in [6.07, 6.45) is 6.36. The molecule has 0 bridgehead atoms. The zero-order valence-electron chi connectivity index (χ0n) is 11.0. The molecule has 2 heterocycles. The normalized spacial score (nSPS) is 19.2. The first kappa shape index (κ1) is 14.0. The second-order valence-electron chi connectivity index (χ2n) is 4.82. The minimum Gasteiger partial charge on any atom is -0.350 e. The minimum atomic E-state index is -3.32. The van der Waals surface area contributed by atoms with E-state index in [1.54, 1.807) is 6.20 Å². The molecule has 1 aliphatic heterocycles. The molecule has 1 aromatic rings. The Balaban J connectivity index is 1.88. The molecule has 0 radical (unpaired) electrons. The number of aryl methyl sites for hydroxylation is 1. The molecule has 0 spiro atoms. The van der Waals surface area contributed by atoms with Crippen molar-refractivity contribution in [3.05, 3.63) is 18.2 Å². The van der Waals surface area contributed by atoms with Crippen LogP contribution in [0.5, 0.6) is 0 Å². The van der Waals surface area contributed by atoms with E-state index in [0.29, 0.717) is 6.54 Å². The molecule has 0 aliphatic carbocycles.